The molecule has 1 atom stereocenters. The van der Waals surface area contributed by atoms with E-state index < -0.39 is 0 Å². The van der Waals surface area contributed by atoms with E-state index in [9.17, 15) is 0 Å². The number of hydrogen-bond acceptors (Lipinski definition) is 2. The van der Waals surface area contributed by atoms with Crippen molar-refractivity contribution in [3.05, 3.63) is 29.1 Å². The Morgan fingerprint density at radius 2 is 1.84 bits per heavy atom. The molecule has 1 rings (SSSR count). The van der Waals surface area contributed by atoms with Gasteiger partial charge in [0, 0.05) is 17.4 Å². The van der Waals surface area contributed by atoms with Gasteiger partial charge in [-0.15, -0.1) is 0 Å². The Kier molecular flexibility index (Phi) is 7.73. The maximum absolute atomic E-state index is 4.61. The van der Waals surface area contributed by atoms with Gasteiger partial charge in [-0.25, -0.2) is 0 Å². The molecule has 1 N–H and O–H groups in total. The van der Waals surface area contributed by atoms with Crippen molar-refractivity contribution in [2.24, 2.45) is 0 Å². The topological polar surface area (TPSA) is 24.9 Å². The third-order valence-corrected chi connectivity index (χ3v) is 3.63. The standard InChI is InChI=1S/C17H30N2/c1-5-7-8-9-10-17(18-13-6-2)16-12-11-14(3)19-15(16)4/h11-12,17-18H,5-10,13H2,1-4H3. The minimum atomic E-state index is 0.477. The minimum Gasteiger partial charge on any atom is -0.310 e. The SMILES string of the molecule is CCCCCCC(NCCC)c1ccc(C)nc1C. The highest BCUT2D eigenvalue weighted by atomic mass is 14.9. The van der Waals surface area contributed by atoms with Crippen molar-refractivity contribution < 1.29 is 0 Å². The Morgan fingerprint density at radius 3 is 2.47 bits per heavy atom. The number of aryl methyl sites for hydroxylation is 2. The summed E-state index contributed by atoms with van der Waals surface area (Å²) in [6.45, 7) is 9.77. The van der Waals surface area contributed by atoms with Crippen molar-refractivity contribution in [2.75, 3.05) is 6.54 Å². The summed E-state index contributed by atoms with van der Waals surface area (Å²) in [5.74, 6) is 0. The van der Waals surface area contributed by atoms with Gasteiger partial charge in [-0.3, -0.25) is 4.98 Å². The molecule has 0 fully saturated rings. The molecule has 0 aliphatic rings. The van der Waals surface area contributed by atoms with Crippen LogP contribution in [0.5, 0.6) is 0 Å². The second-order valence-corrected chi connectivity index (χ2v) is 5.48. The van der Waals surface area contributed by atoms with Gasteiger partial charge in [0.2, 0.25) is 0 Å². The fraction of sp³-hybridized carbons (Fsp3) is 0.706. The van der Waals surface area contributed by atoms with Gasteiger partial charge in [0.05, 0.1) is 0 Å². The zero-order chi connectivity index (χ0) is 14.1. The number of hydrogen-bond donors (Lipinski definition) is 1. The molecule has 1 heterocycles. The molecular formula is C17H30N2. The van der Waals surface area contributed by atoms with Gasteiger partial charge in [0.25, 0.3) is 0 Å². The Balaban J connectivity index is 2.66. The molecule has 1 unspecified atom stereocenters. The smallest absolute Gasteiger partial charge is 0.0423 e. The number of nitrogens with zero attached hydrogens (tertiary/aromatic N) is 1. The van der Waals surface area contributed by atoms with Crippen molar-refractivity contribution in [1.29, 1.82) is 0 Å². The molecule has 19 heavy (non-hydrogen) atoms. The molecule has 0 saturated heterocycles. The molecule has 2 heteroatoms. The quantitative estimate of drug-likeness (QED) is 0.652. The Bertz CT molecular complexity index is 360. The summed E-state index contributed by atoms with van der Waals surface area (Å²) in [4.78, 5) is 4.61. The lowest BCUT2D eigenvalue weighted by Crippen LogP contribution is -2.23. The van der Waals surface area contributed by atoms with Gasteiger partial charge in [-0.2, -0.15) is 0 Å². The fourth-order valence-electron chi connectivity index (χ4n) is 2.53. The van der Waals surface area contributed by atoms with Gasteiger partial charge in [0.15, 0.2) is 0 Å². The molecule has 1 aromatic heterocycles. The van der Waals surface area contributed by atoms with Crippen molar-refractivity contribution in [1.82, 2.24) is 10.3 Å². The largest absolute Gasteiger partial charge is 0.310 e. The highest BCUT2D eigenvalue weighted by Gasteiger charge is 2.13. The molecule has 0 saturated carbocycles. The molecule has 0 amide bonds. The number of rotatable bonds is 9. The van der Waals surface area contributed by atoms with Gasteiger partial charge >= 0.3 is 0 Å². The first-order chi connectivity index (χ1) is 9.19. The van der Waals surface area contributed by atoms with Crippen LogP contribution in [0.2, 0.25) is 0 Å². The van der Waals surface area contributed by atoms with Crippen LogP contribution < -0.4 is 5.32 Å². The normalized spacial score (nSPS) is 12.6. The van der Waals surface area contributed by atoms with E-state index in [-0.39, 0.29) is 0 Å². The maximum atomic E-state index is 4.61. The van der Waals surface area contributed by atoms with Crippen LogP contribution in [-0.4, -0.2) is 11.5 Å². The highest BCUT2D eigenvalue weighted by Crippen LogP contribution is 2.22. The Morgan fingerprint density at radius 1 is 1.05 bits per heavy atom. The molecule has 108 valence electrons. The van der Waals surface area contributed by atoms with Crippen LogP contribution in [0.3, 0.4) is 0 Å². The van der Waals surface area contributed by atoms with E-state index in [1.807, 2.05) is 0 Å². The van der Waals surface area contributed by atoms with E-state index in [1.165, 1.54) is 49.8 Å². The van der Waals surface area contributed by atoms with Gasteiger partial charge in [-0.05, 0) is 44.9 Å². The number of pyridine rings is 1. The van der Waals surface area contributed by atoms with Crippen LogP contribution in [0.1, 0.15) is 75.4 Å². The lowest BCUT2D eigenvalue weighted by molar-refractivity contribution is 0.467. The molecule has 0 aromatic carbocycles. The van der Waals surface area contributed by atoms with Gasteiger partial charge in [-0.1, -0.05) is 45.6 Å². The van der Waals surface area contributed by atoms with Crippen LogP contribution >= 0.6 is 0 Å². The molecule has 1 aromatic rings. The summed E-state index contributed by atoms with van der Waals surface area (Å²) < 4.78 is 0. The van der Waals surface area contributed by atoms with E-state index >= 15 is 0 Å². The molecular weight excluding hydrogens is 232 g/mol. The zero-order valence-corrected chi connectivity index (χ0v) is 13.1. The monoisotopic (exact) mass is 262 g/mol. The summed E-state index contributed by atoms with van der Waals surface area (Å²) in [7, 11) is 0. The molecule has 0 spiro atoms. The number of unbranched alkanes of at least 4 members (excludes halogenated alkanes) is 3. The molecule has 2 nitrogen and oxygen atoms in total. The summed E-state index contributed by atoms with van der Waals surface area (Å²) in [6.07, 6.45) is 7.72. The molecule has 0 radical (unpaired) electrons. The first-order valence-electron chi connectivity index (χ1n) is 7.86. The Hall–Kier alpha value is -0.890. The first-order valence-corrected chi connectivity index (χ1v) is 7.86. The first kappa shape index (κ1) is 16.2. The second kappa shape index (κ2) is 9.08. The van der Waals surface area contributed by atoms with E-state index in [0.717, 1.165) is 12.2 Å². The summed E-state index contributed by atoms with van der Waals surface area (Å²) in [5.41, 5.74) is 3.68. The fourth-order valence-corrected chi connectivity index (χ4v) is 2.53. The lowest BCUT2D eigenvalue weighted by atomic mass is 9.98. The van der Waals surface area contributed by atoms with Crippen LogP contribution in [-0.2, 0) is 0 Å². The average molecular weight is 262 g/mol. The lowest BCUT2D eigenvalue weighted by Gasteiger charge is -2.20. The van der Waals surface area contributed by atoms with Crippen molar-refractivity contribution in [2.45, 2.75) is 72.3 Å². The second-order valence-electron chi connectivity index (χ2n) is 5.48. The minimum absolute atomic E-state index is 0.477. The summed E-state index contributed by atoms with van der Waals surface area (Å²) in [5, 5.41) is 3.68. The molecule has 0 bridgehead atoms. The van der Waals surface area contributed by atoms with Crippen LogP contribution in [0.4, 0.5) is 0 Å². The predicted octanol–water partition coefficient (Wildman–Crippen LogP) is 4.71. The van der Waals surface area contributed by atoms with Gasteiger partial charge < -0.3 is 5.32 Å². The predicted molar refractivity (Wildman–Crippen MR) is 83.5 cm³/mol. The van der Waals surface area contributed by atoms with Gasteiger partial charge in [0.1, 0.15) is 0 Å². The molecule has 0 aliphatic heterocycles. The zero-order valence-electron chi connectivity index (χ0n) is 13.1. The van der Waals surface area contributed by atoms with E-state index in [4.69, 9.17) is 0 Å². The van der Waals surface area contributed by atoms with Crippen LogP contribution in [0.25, 0.3) is 0 Å². The number of nitrogens with one attached hydrogen (secondary N) is 1. The third kappa shape index (κ3) is 5.73. The van der Waals surface area contributed by atoms with Crippen molar-refractivity contribution in [3.63, 3.8) is 0 Å². The Labute approximate surface area is 119 Å². The van der Waals surface area contributed by atoms with E-state index in [2.05, 4.69) is 50.1 Å². The van der Waals surface area contributed by atoms with Crippen molar-refractivity contribution in [3.8, 4) is 0 Å². The summed E-state index contributed by atoms with van der Waals surface area (Å²) >= 11 is 0. The van der Waals surface area contributed by atoms with Crippen LogP contribution in [0, 0.1) is 13.8 Å². The molecule has 0 aliphatic carbocycles. The van der Waals surface area contributed by atoms with Crippen molar-refractivity contribution >= 4 is 0 Å². The van der Waals surface area contributed by atoms with E-state index in [0.29, 0.717) is 6.04 Å². The highest BCUT2D eigenvalue weighted by molar-refractivity contribution is 5.25. The van der Waals surface area contributed by atoms with E-state index in [1.54, 1.807) is 0 Å². The van der Waals surface area contributed by atoms with Crippen LogP contribution in [0.15, 0.2) is 12.1 Å². The maximum Gasteiger partial charge on any atom is 0.0423 e. The number of aromatic nitrogens is 1. The third-order valence-electron chi connectivity index (χ3n) is 3.63. The average Bonchev–Trinajstić information content (AvgIpc) is 2.39. The summed E-state index contributed by atoms with van der Waals surface area (Å²) in [6, 6.07) is 4.87.